The molecule has 0 saturated carbocycles. The van der Waals surface area contributed by atoms with Crippen LogP contribution in [0.15, 0.2) is 28.7 Å². The highest BCUT2D eigenvalue weighted by atomic mass is 35.5. The van der Waals surface area contributed by atoms with Crippen LogP contribution in [0.25, 0.3) is 0 Å². The van der Waals surface area contributed by atoms with Crippen molar-refractivity contribution >= 4 is 23.5 Å². The van der Waals surface area contributed by atoms with Crippen molar-refractivity contribution in [3.8, 4) is 0 Å². The van der Waals surface area contributed by atoms with Crippen molar-refractivity contribution in [2.45, 2.75) is 19.8 Å². The first-order valence-electron chi connectivity index (χ1n) is 7.00. The molecule has 1 heterocycles. The van der Waals surface area contributed by atoms with E-state index in [1.807, 2.05) is 0 Å². The third-order valence-electron chi connectivity index (χ3n) is 3.28. The Morgan fingerprint density at radius 3 is 2.65 bits per heavy atom. The summed E-state index contributed by atoms with van der Waals surface area (Å²) in [6, 6.07) is 5.26. The molecule has 0 fully saturated rings. The van der Waals surface area contributed by atoms with E-state index in [2.05, 4.69) is 5.32 Å². The number of carboxylic acids is 1. The summed E-state index contributed by atoms with van der Waals surface area (Å²) in [5, 5.41) is 11.9. The minimum Gasteiger partial charge on any atom is -0.478 e. The van der Waals surface area contributed by atoms with E-state index in [1.165, 1.54) is 18.2 Å². The third-order valence-corrected chi connectivity index (χ3v) is 3.63. The van der Waals surface area contributed by atoms with E-state index in [0.717, 1.165) is 0 Å². The molecule has 0 unspecified atom stereocenters. The predicted octanol–water partition coefficient (Wildman–Crippen LogP) is 3.31. The number of furan rings is 1. The van der Waals surface area contributed by atoms with Crippen molar-refractivity contribution in [1.82, 2.24) is 5.32 Å². The van der Waals surface area contributed by atoms with Crippen molar-refractivity contribution in [3.63, 3.8) is 0 Å². The van der Waals surface area contributed by atoms with Crippen LogP contribution < -0.4 is 5.32 Å². The van der Waals surface area contributed by atoms with Crippen LogP contribution in [-0.4, -0.2) is 23.5 Å². The monoisotopic (exact) mass is 339 g/mol. The second kappa shape index (κ2) is 7.28. The molecule has 0 radical (unpaired) electrons. The molecule has 122 valence electrons. The number of carbonyl (C=O) groups is 2. The zero-order chi connectivity index (χ0) is 17.0. The minimum absolute atomic E-state index is 0.0146. The Labute approximate surface area is 137 Å². The number of rotatable bonds is 6. The number of hydrogen-bond donors (Lipinski definition) is 2. The summed E-state index contributed by atoms with van der Waals surface area (Å²) in [6.45, 7) is 2.00. The van der Waals surface area contributed by atoms with Crippen LogP contribution in [0.2, 0.25) is 5.02 Å². The van der Waals surface area contributed by atoms with Crippen LogP contribution >= 0.6 is 11.6 Å². The highest BCUT2D eigenvalue weighted by molar-refractivity contribution is 6.31. The molecule has 1 aromatic carbocycles. The number of halogens is 2. The largest absolute Gasteiger partial charge is 0.478 e. The number of aromatic carboxylic acids is 1. The summed E-state index contributed by atoms with van der Waals surface area (Å²) in [7, 11) is 0. The number of nitrogens with one attached hydrogen (secondary N) is 1. The van der Waals surface area contributed by atoms with Gasteiger partial charge in [0.15, 0.2) is 5.76 Å². The number of aryl methyl sites for hydroxylation is 1. The lowest BCUT2D eigenvalue weighted by Crippen LogP contribution is -2.25. The van der Waals surface area contributed by atoms with Gasteiger partial charge in [0, 0.05) is 24.1 Å². The van der Waals surface area contributed by atoms with Gasteiger partial charge in [-0.3, -0.25) is 4.79 Å². The molecule has 0 aliphatic heterocycles. The zero-order valence-corrected chi connectivity index (χ0v) is 13.1. The van der Waals surface area contributed by atoms with E-state index < -0.39 is 17.7 Å². The maximum absolute atomic E-state index is 12.9. The summed E-state index contributed by atoms with van der Waals surface area (Å²) in [6.07, 6.45) is 0.790. The Kier molecular flexibility index (Phi) is 5.39. The number of hydrogen-bond acceptors (Lipinski definition) is 3. The molecule has 0 aliphatic carbocycles. The summed E-state index contributed by atoms with van der Waals surface area (Å²) in [4.78, 5) is 23.0. The van der Waals surface area contributed by atoms with Gasteiger partial charge in [-0.25, -0.2) is 9.18 Å². The molecule has 0 saturated heterocycles. The lowest BCUT2D eigenvalue weighted by atomic mass is 10.1. The summed E-state index contributed by atoms with van der Waals surface area (Å²) >= 11 is 5.90. The highest BCUT2D eigenvalue weighted by Crippen LogP contribution is 2.18. The minimum atomic E-state index is -1.14. The van der Waals surface area contributed by atoms with Crippen LogP contribution in [0.5, 0.6) is 0 Å². The fourth-order valence-corrected chi connectivity index (χ4v) is 2.37. The number of amides is 1. The lowest BCUT2D eigenvalue weighted by molar-refractivity contribution is 0.0694. The fourth-order valence-electron chi connectivity index (χ4n) is 2.11. The second-order valence-electron chi connectivity index (χ2n) is 4.85. The zero-order valence-electron chi connectivity index (χ0n) is 12.4. The van der Waals surface area contributed by atoms with Gasteiger partial charge in [-0.05, 0) is 24.1 Å². The average Bonchev–Trinajstić information content (AvgIpc) is 2.94. The van der Waals surface area contributed by atoms with Crippen molar-refractivity contribution in [2.75, 3.05) is 6.54 Å². The van der Waals surface area contributed by atoms with Crippen molar-refractivity contribution < 1.29 is 23.5 Å². The summed E-state index contributed by atoms with van der Waals surface area (Å²) in [5.74, 6) is -1.87. The lowest BCUT2D eigenvalue weighted by Gasteiger charge is -2.05. The fraction of sp³-hybridized carbons (Fsp3) is 0.250. The van der Waals surface area contributed by atoms with Crippen LogP contribution in [0, 0.1) is 5.82 Å². The van der Waals surface area contributed by atoms with Crippen molar-refractivity contribution in [1.29, 1.82) is 0 Å². The Morgan fingerprint density at radius 2 is 2.09 bits per heavy atom. The molecule has 5 nitrogen and oxygen atoms in total. The maximum atomic E-state index is 12.9. The van der Waals surface area contributed by atoms with Crippen LogP contribution in [0.4, 0.5) is 4.39 Å². The number of benzene rings is 1. The number of carboxylic acid groups (broad SMARTS) is 1. The molecular formula is C16H15ClFNO4. The Bertz CT molecular complexity index is 742. The molecule has 0 aliphatic rings. The molecule has 0 bridgehead atoms. The van der Waals surface area contributed by atoms with E-state index in [-0.39, 0.29) is 23.6 Å². The van der Waals surface area contributed by atoms with Crippen molar-refractivity contribution in [2.24, 2.45) is 0 Å². The Hall–Kier alpha value is -2.34. The first kappa shape index (κ1) is 17.0. The molecule has 2 N–H and O–H groups in total. The average molecular weight is 340 g/mol. The quantitative estimate of drug-likeness (QED) is 0.846. The molecule has 0 spiro atoms. The first-order valence-corrected chi connectivity index (χ1v) is 7.38. The normalized spacial score (nSPS) is 10.6. The smallest absolute Gasteiger partial charge is 0.339 e. The van der Waals surface area contributed by atoms with Gasteiger partial charge >= 0.3 is 5.97 Å². The molecule has 1 aromatic heterocycles. The third kappa shape index (κ3) is 4.10. The van der Waals surface area contributed by atoms with Gasteiger partial charge in [0.05, 0.1) is 0 Å². The molecule has 2 rings (SSSR count). The van der Waals surface area contributed by atoms with Gasteiger partial charge in [0.1, 0.15) is 17.1 Å². The van der Waals surface area contributed by atoms with Gasteiger partial charge < -0.3 is 14.8 Å². The number of carbonyl (C=O) groups excluding carboxylic acids is 1. The van der Waals surface area contributed by atoms with Gasteiger partial charge in [0.2, 0.25) is 0 Å². The van der Waals surface area contributed by atoms with Crippen LogP contribution in [0.1, 0.15) is 39.2 Å². The van der Waals surface area contributed by atoms with Gasteiger partial charge in [-0.1, -0.05) is 24.6 Å². The topological polar surface area (TPSA) is 79.5 Å². The summed E-state index contributed by atoms with van der Waals surface area (Å²) in [5.41, 5.74) is 0.688. The van der Waals surface area contributed by atoms with E-state index in [1.54, 1.807) is 13.0 Å². The molecule has 23 heavy (non-hydrogen) atoms. The van der Waals surface area contributed by atoms with Gasteiger partial charge in [-0.2, -0.15) is 0 Å². The molecule has 1 amide bonds. The van der Waals surface area contributed by atoms with E-state index in [9.17, 15) is 14.0 Å². The molecular weight excluding hydrogens is 325 g/mol. The second-order valence-corrected chi connectivity index (χ2v) is 5.26. The van der Waals surface area contributed by atoms with E-state index in [0.29, 0.717) is 23.4 Å². The predicted molar refractivity (Wildman–Crippen MR) is 82.5 cm³/mol. The standard InChI is InChI=1S/C16H15ClFNO4/c1-2-13-11(16(21)22)8-14(23-13)15(20)19-6-5-9-3-4-10(18)7-12(9)17/h3-4,7-8H,2,5-6H2,1H3,(H,19,20)(H,21,22). The molecule has 7 heteroatoms. The van der Waals surface area contributed by atoms with Gasteiger partial charge in [-0.15, -0.1) is 0 Å². The SMILES string of the molecule is CCc1oc(C(=O)NCCc2ccc(F)cc2Cl)cc1C(=O)O. The van der Waals surface area contributed by atoms with Crippen molar-refractivity contribution in [3.05, 3.63) is 57.8 Å². The Morgan fingerprint density at radius 1 is 1.35 bits per heavy atom. The highest BCUT2D eigenvalue weighted by Gasteiger charge is 2.19. The molecule has 2 aromatic rings. The molecule has 0 atom stereocenters. The van der Waals surface area contributed by atoms with E-state index >= 15 is 0 Å². The first-order chi connectivity index (χ1) is 10.9. The van der Waals surface area contributed by atoms with Crippen LogP contribution in [0.3, 0.4) is 0 Å². The van der Waals surface area contributed by atoms with E-state index in [4.69, 9.17) is 21.1 Å². The van der Waals surface area contributed by atoms with Gasteiger partial charge in [0.25, 0.3) is 5.91 Å². The summed E-state index contributed by atoms with van der Waals surface area (Å²) < 4.78 is 18.2. The Balaban J connectivity index is 1.98. The maximum Gasteiger partial charge on any atom is 0.339 e. The van der Waals surface area contributed by atoms with Crippen LogP contribution in [-0.2, 0) is 12.8 Å².